The summed E-state index contributed by atoms with van der Waals surface area (Å²) in [5, 5.41) is 2.52. The Kier molecular flexibility index (Phi) is 3.60. The van der Waals surface area contributed by atoms with E-state index in [2.05, 4.69) is 11.4 Å². The van der Waals surface area contributed by atoms with Crippen molar-refractivity contribution in [2.45, 2.75) is 44.9 Å². The van der Waals surface area contributed by atoms with Gasteiger partial charge in [-0.25, -0.2) is 0 Å². The Balaban J connectivity index is 1.94. The second-order valence-corrected chi connectivity index (χ2v) is 6.22. The molecule has 1 heterocycles. The number of piperidine rings is 1. The van der Waals surface area contributed by atoms with Gasteiger partial charge in [0, 0.05) is 6.42 Å². The topological polar surface area (TPSA) is 46.2 Å². The maximum atomic E-state index is 12.4. The highest BCUT2D eigenvalue weighted by Gasteiger charge is 2.41. The first-order valence-electron chi connectivity index (χ1n) is 7.55. The normalized spacial score (nSPS) is 27.6. The molecule has 3 heteroatoms. The van der Waals surface area contributed by atoms with Gasteiger partial charge in [0.1, 0.15) is 0 Å². The summed E-state index contributed by atoms with van der Waals surface area (Å²) in [6.45, 7) is 2.04. The molecule has 0 spiro atoms. The molecule has 20 heavy (non-hydrogen) atoms. The van der Waals surface area contributed by atoms with Gasteiger partial charge in [-0.2, -0.15) is 0 Å². The predicted octanol–water partition coefficient (Wildman–Crippen LogP) is 2.93. The van der Waals surface area contributed by atoms with Gasteiger partial charge in [0.25, 0.3) is 0 Å². The molecule has 1 saturated carbocycles. The van der Waals surface area contributed by atoms with E-state index in [4.69, 9.17) is 0 Å². The van der Waals surface area contributed by atoms with Crippen molar-refractivity contribution in [2.24, 2.45) is 11.8 Å². The Labute approximate surface area is 119 Å². The SMILES string of the molecule is Cc1cccc(C2C(=O)NC(=O)CC2C2CCCC2)c1. The summed E-state index contributed by atoms with van der Waals surface area (Å²) >= 11 is 0. The average Bonchev–Trinajstić information content (AvgIpc) is 2.91. The molecule has 0 radical (unpaired) electrons. The van der Waals surface area contributed by atoms with Gasteiger partial charge in [-0.15, -0.1) is 0 Å². The fourth-order valence-electron chi connectivity index (χ4n) is 3.88. The second-order valence-electron chi connectivity index (χ2n) is 6.22. The summed E-state index contributed by atoms with van der Waals surface area (Å²) in [6.07, 6.45) is 5.28. The summed E-state index contributed by atoms with van der Waals surface area (Å²) in [7, 11) is 0. The molecule has 1 saturated heterocycles. The van der Waals surface area contributed by atoms with Crippen molar-refractivity contribution < 1.29 is 9.59 Å². The molecular formula is C17H21NO2. The molecule has 2 atom stereocenters. The number of carbonyl (C=O) groups excluding carboxylic acids is 2. The highest BCUT2D eigenvalue weighted by atomic mass is 16.2. The lowest BCUT2D eigenvalue weighted by Crippen LogP contribution is -2.46. The van der Waals surface area contributed by atoms with Crippen LogP contribution in [0.25, 0.3) is 0 Å². The number of carbonyl (C=O) groups is 2. The quantitative estimate of drug-likeness (QED) is 0.841. The van der Waals surface area contributed by atoms with E-state index in [-0.39, 0.29) is 23.7 Å². The van der Waals surface area contributed by atoms with E-state index < -0.39 is 0 Å². The molecule has 1 N–H and O–H groups in total. The van der Waals surface area contributed by atoms with E-state index in [0.717, 1.165) is 24.0 Å². The zero-order valence-electron chi connectivity index (χ0n) is 11.9. The van der Waals surface area contributed by atoms with Gasteiger partial charge >= 0.3 is 0 Å². The number of nitrogens with one attached hydrogen (secondary N) is 1. The van der Waals surface area contributed by atoms with Crippen LogP contribution >= 0.6 is 0 Å². The molecule has 2 amide bonds. The smallest absolute Gasteiger partial charge is 0.234 e. The van der Waals surface area contributed by atoms with Gasteiger partial charge in [0.2, 0.25) is 11.8 Å². The minimum absolute atomic E-state index is 0.101. The Morgan fingerprint density at radius 1 is 1.15 bits per heavy atom. The third-order valence-electron chi connectivity index (χ3n) is 4.80. The molecule has 3 nitrogen and oxygen atoms in total. The van der Waals surface area contributed by atoms with E-state index in [1.165, 1.54) is 12.8 Å². The van der Waals surface area contributed by atoms with Gasteiger partial charge < -0.3 is 0 Å². The van der Waals surface area contributed by atoms with E-state index in [0.29, 0.717) is 12.3 Å². The van der Waals surface area contributed by atoms with Crippen LogP contribution in [0.15, 0.2) is 24.3 Å². The van der Waals surface area contributed by atoms with Crippen LogP contribution in [-0.4, -0.2) is 11.8 Å². The van der Waals surface area contributed by atoms with Gasteiger partial charge in [0.05, 0.1) is 5.92 Å². The van der Waals surface area contributed by atoms with Gasteiger partial charge in [-0.05, 0) is 24.3 Å². The average molecular weight is 271 g/mol. The van der Waals surface area contributed by atoms with Crippen molar-refractivity contribution in [3.05, 3.63) is 35.4 Å². The van der Waals surface area contributed by atoms with Crippen molar-refractivity contribution in [2.75, 3.05) is 0 Å². The van der Waals surface area contributed by atoms with E-state index in [1.807, 2.05) is 25.1 Å². The van der Waals surface area contributed by atoms with E-state index >= 15 is 0 Å². The lowest BCUT2D eigenvalue weighted by molar-refractivity contribution is -0.137. The molecule has 0 aromatic heterocycles. The van der Waals surface area contributed by atoms with Crippen LogP contribution < -0.4 is 5.32 Å². The molecular weight excluding hydrogens is 250 g/mol. The predicted molar refractivity (Wildman–Crippen MR) is 77.1 cm³/mol. The zero-order chi connectivity index (χ0) is 14.1. The highest BCUT2D eigenvalue weighted by Crippen LogP contribution is 2.42. The molecule has 106 valence electrons. The maximum absolute atomic E-state index is 12.4. The van der Waals surface area contributed by atoms with Crippen LogP contribution in [0.3, 0.4) is 0 Å². The van der Waals surface area contributed by atoms with Crippen LogP contribution in [0.5, 0.6) is 0 Å². The van der Waals surface area contributed by atoms with E-state index in [9.17, 15) is 9.59 Å². The number of rotatable bonds is 2. The first-order chi connectivity index (χ1) is 9.65. The number of hydrogen-bond acceptors (Lipinski definition) is 2. The van der Waals surface area contributed by atoms with Crippen molar-refractivity contribution in [3.8, 4) is 0 Å². The third kappa shape index (κ3) is 2.49. The van der Waals surface area contributed by atoms with Gasteiger partial charge in [-0.3, -0.25) is 14.9 Å². The number of aryl methyl sites for hydroxylation is 1. The maximum Gasteiger partial charge on any atom is 0.234 e. The zero-order valence-corrected chi connectivity index (χ0v) is 11.9. The fraction of sp³-hybridized carbons (Fsp3) is 0.529. The molecule has 2 fully saturated rings. The molecule has 3 rings (SSSR count). The molecule has 2 unspecified atom stereocenters. The van der Waals surface area contributed by atoms with E-state index in [1.54, 1.807) is 0 Å². The highest BCUT2D eigenvalue weighted by molar-refractivity contribution is 6.01. The molecule has 1 aromatic rings. The monoisotopic (exact) mass is 271 g/mol. The first kappa shape index (κ1) is 13.3. The minimum Gasteiger partial charge on any atom is -0.296 e. The number of imide groups is 1. The van der Waals surface area contributed by atoms with Crippen molar-refractivity contribution in [1.82, 2.24) is 5.32 Å². The summed E-state index contributed by atoms with van der Waals surface area (Å²) in [5.41, 5.74) is 2.23. The van der Waals surface area contributed by atoms with Crippen LogP contribution in [0, 0.1) is 18.8 Å². The molecule has 1 aliphatic carbocycles. The van der Waals surface area contributed by atoms with Crippen LogP contribution in [0.4, 0.5) is 0 Å². The van der Waals surface area contributed by atoms with Crippen LogP contribution in [-0.2, 0) is 9.59 Å². The summed E-state index contributed by atoms with van der Waals surface area (Å²) in [5.74, 6) is 0.339. The summed E-state index contributed by atoms with van der Waals surface area (Å²) < 4.78 is 0. The Morgan fingerprint density at radius 3 is 2.60 bits per heavy atom. The Hall–Kier alpha value is -1.64. The summed E-state index contributed by atoms with van der Waals surface area (Å²) in [6, 6.07) is 8.15. The van der Waals surface area contributed by atoms with Crippen LogP contribution in [0.2, 0.25) is 0 Å². The second kappa shape index (κ2) is 5.39. The lowest BCUT2D eigenvalue weighted by atomic mass is 9.72. The summed E-state index contributed by atoms with van der Waals surface area (Å²) in [4.78, 5) is 24.1. The minimum atomic E-state index is -0.157. The van der Waals surface area contributed by atoms with Crippen LogP contribution in [0.1, 0.15) is 49.1 Å². The largest absolute Gasteiger partial charge is 0.296 e. The Morgan fingerprint density at radius 2 is 1.90 bits per heavy atom. The third-order valence-corrected chi connectivity index (χ3v) is 4.80. The molecule has 0 bridgehead atoms. The Bertz CT molecular complexity index is 532. The molecule has 2 aliphatic rings. The van der Waals surface area contributed by atoms with Crippen molar-refractivity contribution >= 4 is 11.8 Å². The standard InChI is InChI=1S/C17H21NO2/c1-11-5-4-8-13(9-11)16-14(12-6-2-3-7-12)10-15(19)18-17(16)20/h4-5,8-9,12,14,16H,2-3,6-7,10H2,1H3,(H,18,19,20). The molecule has 1 aliphatic heterocycles. The number of amides is 2. The fourth-order valence-corrected chi connectivity index (χ4v) is 3.88. The van der Waals surface area contributed by atoms with Crippen molar-refractivity contribution in [1.29, 1.82) is 0 Å². The van der Waals surface area contributed by atoms with Crippen molar-refractivity contribution in [3.63, 3.8) is 0 Å². The number of hydrogen-bond donors (Lipinski definition) is 1. The lowest BCUT2D eigenvalue weighted by Gasteiger charge is -2.34. The number of benzene rings is 1. The van der Waals surface area contributed by atoms with Gasteiger partial charge in [-0.1, -0.05) is 55.5 Å². The van der Waals surface area contributed by atoms with Gasteiger partial charge in [0.15, 0.2) is 0 Å². The first-order valence-corrected chi connectivity index (χ1v) is 7.55. The molecule has 1 aromatic carbocycles.